The molecule has 1 aliphatic rings. The van der Waals surface area contributed by atoms with Crippen LogP contribution in [-0.2, 0) is 14.3 Å². The Morgan fingerprint density at radius 2 is 1.78 bits per heavy atom. The van der Waals surface area contributed by atoms with E-state index in [1.54, 1.807) is 62.6 Å². The van der Waals surface area contributed by atoms with Crippen molar-refractivity contribution in [3.8, 4) is 11.5 Å². The molecule has 4 aromatic rings. The minimum absolute atomic E-state index is 0.149. The van der Waals surface area contributed by atoms with Gasteiger partial charge in [0.15, 0.2) is 4.80 Å². The van der Waals surface area contributed by atoms with Gasteiger partial charge in [-0.2, -0.15) is 0 Å². The van der Waals surface area contributed by atoms with Crippen LogP contribution >= 0.6 is 11.3 Å². The summed E-state index contributed by atoms with van der Waals surface area (Å²) < 4.78 is 18.0. The molecule has 1 atom stereocenters. The van der Waals surface area contributed by atoms with Gasteiger partial charge in [-0.25, -0.2) is 9.79 Å². The summed E-state index contributed by atoms with van der Waals surface area (Å²) in [5, 5.41) is 10.8. The van der Waals surface area contributed by atoms with Crippen LogP contribution < -0.4 is 29.5 Å². The van der Waals surface area contributed by atoms with Crippen molar-refractivity contribution in [3.63, 3.8) is 0 Å². The lowest BCUT2D eigenvalue weighted by Gasteiger charge is -2.26. The van der Waals surface area contributed by atoms with E-state index in [1.165, 1.54) is 15.9 Å². The zero-order valence-electron chi connectivity index (χ0n) is 22.2. The maximum atomic E-state index is 14.0. The largest absolute Gasteiger partial charge is 0.546 e. The van der Waals surface area contributed by atoms with Crippen molar-refractivity contribution in [3.05, 3.63) is 121 Å². The summed E-state index contributed by atoms with van der Waals surface area (Å²) in [6.45, 7) is 1.28. The van der Waals surface area contributed by atoms with Crippen LogP contribution in [0.2, 0.25) is 0 Å². The number of rotatable bonds is 9. The highest BCUT2D eigenvalue weighted by Crippen LogP contribution is 2.36. The first-order valence-electron chi connectivity index (χ1n) is 12.7. The van der Waals surface area contributed by atoms with Gasteiger partial charge in [0.1, 0.15) is 18.1 Å². The van der Waals surface area contributed by atoms with E-state index in [1.807, 2.05) is 36.4 Å². The van der Waals surface area contributed by atoms with E-state index in [0.717, 1.165) is 0 Å². The lowest BCUT2D eigenvalue weighted by atomic mass is 9.93. The normalized spacial score (nSPS) is 14.7. The number of hydrogen-bond donors (Lipinski definition) is 0. The Balaban J connectivity index is 1.75. The zero-order chi connectivity index (χ0) is 28.9. The number of ether oxygens (including phenoxy) is 3. The molecule has 9 nitrogen and oxygen atoms in total. The number of carboxylic acids is 1. The molecule has 3 aromatic carbocycles. The molecule has 0 bridgehead atoms. The minimum Gasteiger partial charge on any atom is -0.546 e. The Labute approximate surface area is 238 Å². The van der Waals surface area contributed by atoms with Gasteiger partial charge in [0.05, 0.1) is 41.5 Å². The van der Waals surface area contributed by atoms with E-state index in [2.05, 4.69) is 0 Å². The summed E-state index contributed by atoms with van der Waals surface area (Å²) in [5.74, 6) is -1.02. The maximum Gasteiger partial charge on any atom is 0.338 e. The van der Waals surface area contributed by atoms with E-state index in [9.17, 15) is 19.5 Å². The third kappa shape index (κ3) is 5.82. The van der Waals surface area contributed by atoms with Crippen molar-refractivity contribution in [1.29, 1.82) is 0 Å². The summed E-state index contributed by atoms with van der Waals surface area (Å²) in [6.07, 6.45) is 1.68. The van der Waals surface area contributed by atoms with Crippen LogP contribution in [0.3, 0.4) is 0 Å². The highest BCUT2D eigenvalue weighted by atomic mass is 32.1. The third-order valence-electron chi connectivity index (χ3n) is 6.30. The average molecular weight is 570 g/mol. The number of methoxy groups -OCH3 is 1. The smallest absolute Gasteiger partial charge is 0.338 e. The van der Waals surface area contributed by atoms with Gasteiger partial charge in [0.2, 0.25) is 0 Å². The number of thiazole rings is 1. The second-order valence-electron chi connectivity index (χ2n) is 8.94. The van der Waals surface area contributed by atoms with Gasteiger partial charge in [0.25, 0.3) is 5.56 Å². The van der Waals surface area contributed by atoms with Gasteiger partial charge in [-0.15, -0.1) is 0 Å². The molecule has 10 heteroatoms. The van der Waals surface area contributed by atoms with Gasteiger partial charge in [-0.05, 0) is 48.4 Å². The first-order valence-corrected chi connectivity index (χ1v) is 13.6. The molecular formula is C31H25N2O7S-. The predicted octanol–water partition coefficient (Wildman–Crippen LogP) is 2.07. The Morgan fingerprint density at radius 3 is 2.51 bits per heavy atom. The van der Waals surface area contributed by atoms with Crippen LogP contribution in [0.5, 0.6) is 11.5 Å². The summed E-state index contributed by atoms with van der Waals surface area (Å²) in [6, 6.07) is 22.3. The van der Waals surface area contributed by atoms with Crippen molar-refractivity contribution in [1.82, 2.24) is 4.57 Å². The fraction of sp³-hybridized carbons (Fsp3) is 0.161. The number of aromatic nitrogens is 1. The molecular weight excluding hydrogens is 544 g/mol. The average Bonchev–Trinajstić information content (AvgIpc) is 3.30. The number of carbonyl (C=O) groups is 2. The molecule has 0 amide bonds. The Bertz CT molecular complexity index is 1820. The minimum atomic E-state index is -1.34. The fourth-order valence-electron chi connectivity index (χ4n) is 4.56. The number of aliphatic carboxylic acids is 1. The monoisotopic (exact) mass is 569 g/mol. The number of carbonyl (C=O) groups excluding carboxylic acids is 2. The molecule has 1 unspecified atom stereocenters. The maximum absolute atomic E-state index is 14.0. The number of nitrogens with zero attached hydrogens (tertiary/aromatic N) is 2. The molecule has 1 aromatic heterocycles. The van der Waals surface area contributed by atoms with Crippen LogP contribution in [-0.4, -0.2) is 36.8 Å². The Kier molecular flexibility index (Phi) is 8.11. The van der Waals surface area contributed by atoms with Crippen molar-refractivity contribution in [2.24, 2.45) is 4.99 Å². The lowest BCUT2D eigenvalue weighted by molar-refractivity contribution is -0.307. The first-order chi connectivity index (χ1) is 19.9. The van der Waals surface area contributed by atoms with E-state index in [-0.39, 0.29) is 17.7 Å². The van der Waals surface area contributed by atoms with Crippen LogP contribution in [0.4, 0.5) is 0 Å². The van der Waals surface area contributed by atoms with E-state index < -0.39 is 24.6 Å². The molecule has 5 rings (SSSR count). The second kappa shape index (κ2) is 12.1. The van der Waals surface area contributed by atoms with Gasteiger partial charge in [-0.1, -0.05) is 65.9 Å². The van der Waals surface area contributed by atoms with Crippen LogP contribution in [0.15, 0.2) is 94.2 Å². The van der Waals surface area contributed by atoms with E-state index in [0.29, 0.717) is 43.2 Å². The molecule has 0 saturated heterocycles. The third-order valence-corrected chi connectivity index (χ3v) is 7.28. The number of fused-ring (bicyclic) bond motifs is 1. The molecule has 2 heterocycles. The number of carboxylic acid groups (broad SMARTS) is 1. The predicted molar refractivity (Wildman–Crippen MR) is 151 cm³/mol. The molecule has 0 spiro atoms. The molecule has 0 N–H and O–H groups in total. The number of benzene rings is 3. The van der Waals surface area contributed by atoms with Gasteiger partial charge >= 0.3 is 5.97 Å². The van der Waals surface area contributed by atoms with Gasteiger partial charge < -0.3 is 24.1 Å². The molecule has 0 saturated carbocycles. The first kappa shape index (κ1) is 27.6. The molecule has 0 fully saturated rings. The summed E-state index contributed by atoms with van der Waals surface area (Å²) in [4.78, 5) is 43.5. The number of esters is 1. The van der Waals surface area contributed by atoms with E-state index in [4.69, 9.17) is 19.2 Å². The van der Waals surface area contributed by atoms with Crippen molar-refractivity contribution in [2.45, 2.75) is 13.0 Å². The van der Waals surface area contributed by atoms with Gasteiger partial charge in [0, 0.05) is 5.56 Å². The Hall–Kier alpha value is -4.96. The van der Waals surface area contributed by atoms with Crippen LogP contribution in [0.1, 0.15) is 29.7 Å². The molecule has 41 heavy (non-hydrogen) atoms. The SMILES string of the molecule is CCOC(=O)C1=C(c2ccccc2)N=c2s/c(=C\c3cccc(OCC(=O)[O-])c3)c(=O)n2C1c1cccc(OC)c1. The highest BCUT2D eigenvalue weighted by molar-refractivity contribution is 7.07. The molecule has 208 valence electrons. The Morgan fingerprint density at radius 1 is 1.02 bits per heavy atom. The fourth-order valence-corrected chi connectivity index (χ4v) is 5.56. The standard InChI is InChI=1S/C31H26N2O7S/c1-3-39-30(37)26-27(20-10-5-4-6-11-20)32-31-33(28(26)21-12-8-13-22(17-21)38-2)29(36)24(41-31)16-19-9-7-14-23(15-19)40-18-25(34)35/h4-17,28H,3,18H2,1-2H3,(H,34,35)/p-1/b24-16-. The molecule has 0 aliphatic carbocycles. The van der Waals surface area contributed by atoms with Gasteiger partial charge in [-0.3, -0.25) is 9.36 Å². The van der Waals surface area contributed by atoms with E-state index >= 15 is 0 Å². The lowest BCUT2D eigenvalue weighted by Crippen LogP contribution is -2.40. The zero-order valence-corrected chi connectivity index (χ0v) is 23.1. The highest BCUT2D eigenvalue weighted by Gasteiger charge is 2.35. The van der Waals surface area contributed by atoms with Crippen LogP contribution in [0, 0.1) is 0 Å². The quantitative estimate of drug-likeness (QED) is 0.283. The molecule has 0 radical (unpaired) electrons. The van der Waals surface area contributed by atoms with Crippen molar-refractivity contribution < 1.29 is 28.9 Å². The van der Waals surface area contributed by atoms with Crippen molar-refractivity contribution >= 4 is 35.0 Å². The summed E-state index contributed by atoms with van der Waals surface area (Å²) in [7, 11) is 1.55. The number of hydrogen-bond acceptors (Lipinski definition) is 9. The molecule has 1 aliphatic heterocycles. The van der Waals surface area contributed by atoms with Crippen molar-refractivity contribution in [2.75, 3.05) is 20.3 Å². The second-order valence-corrected chi connectivity index (χ2v) is 9.95. The summed E-state index contributed by atoms with van der Waals surface area (Å²) in [5.41, 5.74) is 2.29. The summed E-state index contributed by atoms with van der Waals surface area (Å²) >= 11 is 1.18. The van der Waals surface area contributed by atoms with Crippen LogP contribution in [0.25, 0.3) is 11.8 Å². The topological polar surface area (TPSA) is 119 Å².